The molecule has 2 N–H and O–H groups in total. The monoisotopic (exact) mass is 396 g/mol. The Kier molecular flexibility index (Phi) is 5.40. The van der Waals surface area contributed by atoms with Crippen LogP contribution in [0, 0.1) is 0 Å². The minimum atomic E-state index is -0.298. The van der Waals surface area contributed by atoms with Crippen LogP contribution in [0.3, 0.4) is 0 Å². The molecule has 0 aliphatic rings. The molecule has 1 amide bonds. The normalized spacial score (nSPS) is 11.6. The highest BCUT2D eigenvalue weighted by molar-refractivity contribution is 9.10. The number of anilines is 2. The van der Waals surface area contributed by atoms with Crippen molar-refractivity contribution in [1.29, 1.82) is 0 Å². The van der Waals surface area contributed by atoms with Crippen LogP contribution in [0.1, 0.15) is 29.0 Å². The molecule has 1 heterocycles. The third kappa shape index (κ3) is 4.64. The van der Waals surface area contributed by atoms with Gasteiger partial charge in [-0.05, 0) is 30.7 Å². The number of aromatic nitrogens is 2. The fraction of sp³-hybridized carbons (Fsp3) is 0.105. The van der Waals surface area contributed by atoms with Crippen LogP contribution < -0.4 is 10.6 Å². The molecule has 0 radical (unpaired) electrons. The van der Waals surface area contributed by atoms with Crippen molar-refractivity contribution < 1.29 is 4.79 Å². The van der Waals surface area contributed by atoms with E-state index in [-0.39, 0.29) is 17.6 Å². The number of hydrogen-bond donors (Lipinski definition) is 2. The van der Waals surface area contributed by atoms with E-state index in [1.807, 2.05) is 61.5 Å². The van der Waals surface area contributed by atoms with Gasteiger partial charge in [-0.2, -0.15) is 0 Å². The van der Waals surface area contributed by atoms with Crippen LogP contribution in [0.15, 0.2) is 71.5 Å². The number of carbonyl (C=O) groups excluding carboxylic acids is 1. The fourth-order valence-corrected chi connectivity index (χ4v) is 2.73. The lowest BCUT2D eigenvalue weighted by Gasteiger charge is -2.14. The van der Waals surface area contributed by atoms with Gasteiger partial charge in [-0.25, -0.2) is 9.97 Å². The molecule has 6 heteroatoms. The van der Waals surface area contributed by atoms with E-state index in [9.17, 15) is 4.79 Å². The van der Waals surface area contributed by atoms with Crippen LogP contribution in [0.5, 0.6) is 0 Å². The predicted molar refractivity (Wildman–Crippen MR) is 103 cm³/mol. The second-order valence-electron chi connectivity index (χ2n) is 5.53. The maximum atomic E-state index is 12.2. The van der Waals surface area contributed by atoms with Crippen molar-refractivity contribution in [2.75, 3.05) is 10.6 Å². The van der Waals surface area contributed by atoms with E-state index in [0.29, 0.717) is 11.5 Å². The molecule has 0 saturated heterocycles. The number of nitrogens with zero attached hydrogens (tertiary/aromatic N) is 2. The number of nitrogens with one attached hydrogen (secondary N) is 2. The van der Waals surface area contributed by atoms with Gasteiger partial charge in [0.1, 0.15) is 11.5 Å². The van der Waals surface area contributed by atoms with Gasteiger partial charge in [0.15, 0.2) is 0 Å². The first kappa shape index (κ1) is 17.1. The Hall–Kier alpha value is -2.73. The number of carbonyl (C=O) groups is 1. The molecule has 0 fully saturated rings. The number of benzene rings is 2. The summed E-state index contributed by atoms with van der Waals surface area (Å²) >= 11 is 3.37. The summed E-state index contributed by atoms with van der Waals surface area (Å²) in [5.41, 5.74) is 2.11. The van der Waals surface area contributed by atoms with Gasteiger partial charge in [0, 0.05) is 16.2 Å². The molecule has 126 valence electrons. The summed E-state index contributed by atoms with van der Waals surface area (Å²) in [6.45, 7) is 2.05. The van der Waals surface area contributed by atoms with Crippen molar-refractivity contribution in [3.8, 4) is 0 Å². The lowest BCUT2D eigenvalue weighted by molar-refractivity contribution is 0.102. The van der Waals surface area contributed by atoms with Crippen LogP contribution in [-0.2, 0) is 0 Å². The number of hydrogen-bond acceptors (Lipinski definition) is 4. The van der Waals surface area contributed by atoms with E-state index < -0.39 is 0 Å². The second-order valence-corrected chi connectivity index (χ2v) is 6.44. The molecule has 1 atom stereocenters. The maximum absolute atomic E-state index is 12.2. The molecule has 3 rings (SSSR count). The standard InChI is InChI=1S/C19H17BrN4O/c1-13(14-6-3-2-4-7-14)23-18-12-21-17(11-22-18)19(25)24-16-9-5-8-15(20)10-16/h2-13H,1H3,(H,22,23)(H,24,25). The Bertz CT molecular complexity index is 853. The van der Waals surface area contributed by atoms with E-state index >= 15 is 0 Å². The summed E-state index contributed by atoms with van der Waals surface area (Å²) in [5, 5.41) is 6.06. The number of amides is 1. The molecule has 3 aromatic rings. The van der Waals surface area contributed by atoms with Crippen molar-refractivity contribution in [1.82, 2.24) is 9.97 Å². The molecule has 1 aromatic heterocycles. The summed E-state index contributed by atoms with van der Waals surface area (Å²) in [5.74, 6) is 0.323. The van der Waals surface area contributed by atoms with Gasteiger partial charge in [0.2, 0.25) is 0 Å². The van der Waals surface area contributed by atoms with Gasteiger partial charge in [-0.3, -0.25) is 4.79 Å². The van der Waals surface area contributed by atoms with Crippen LogP contribution in [0.2, 0.25) is 0 Å². The van der Waals surface area contributed by atoms with Gasteiger partial charge in [-0.1, -0.05) is 52.3 Å². The maximum Gasteiger partial charge on any atom is 0.275 e. The Morgan fingerprint density at radius 3 is 2.52 bits per heavy atom. The second kappa shape index (κ2) is 7.90. The van der Waals surface area contributed by atoms with E-state index in [0.717, 1.165) is 10.0 Å². The van der Waals surface area contributed by atoms with E-state index in [1.165, 1.54) is 6.20 Å². The van der Waals surface area contributed by atoms with E-state index in [2.05, 4.69) is 36.5 Å². The van der Waals surface area contributed by atoms with Gasteiger partial charge in [0.05, 0.1) is 12.4 Å². The van der Waals surface area contributed by atoms with Crippen LogP contribution >= 0.6 is 15.9 Å². The van der Waals surface area contributed by atoms with Crippen molar-refractivity contribution in [2.24, 2.45) is 0 Å². The smallest absolute Gasteiger partial charge is 0.275 e. The van der Waals surface area contributed by atoms with Crippen LogP contribution in [0.4, 0.5) is 11.5 Å². The molecule has 0 saturated carbocycles. The molecule has 0 spiro atoms. The first-order valence-corrected chi connectivity index (χ1v) is 8.61. The summed E-state index contributed by atoms with van der Waals surface area (Å²) in [7, 11) is 0. The third-order valence-corrected chi connectivity index (χ3v) is 4.12. The highest BCUT2D eigenvalue weighted by atomic mass is 79.9. The average Bonchev–Trinajstić information content (AvgIpc) is 2.63. The number of rotatable bonds is 5. The van der Waals surface area contributed by atoms with Gasteiger partial charge in [-0.15, -0.1) is 0 Å². The van der Waals surface area contributed by atoms with Gasteiger partial charge >= 0.3 is 0 Å². The van der Waals surface area contributed by atoms with Crippen molar-refractivity contribution in [3.63, 3.8) is 0 Å². The molecule has 2 aromatic carbocycles. The largest absolute Gasteiger partial charge is 0.362 e. The molecule has 0 aliphatic carbocycles. The lowest BCUT2D eigenvalue weighted by Crippen LogP contribution is -2.15. The third-order valence-electron chi connectivity index (χ3n) is 3.63. The zero-order valence-electron chi connectivity index (χ0n) is 13.6. The Morgan fingerprint density at radius 2 is 1.84 bits per heavy atom. The van der Waals surface area contributed by atoms with Crippen molar-refractivity contribution in [3.05, 3.63) is 82.7 Å². The Balaban J connectivity index is 1.64. The molecular formula is C19H17BrN4O. The predicted octanol–water partition coefficient (Wildman–Crippen LogP) is 4.66. The Morgan fingerprint density at radius 1 is 1.04 bits per heavy atom. The van der Waals surface area contributed by atoms with Gasteiger partial charge in [0.25, 0.3) is 5.91 Å². The molecule has 0 bridgehead atoms. The highest BCUT2D eigenvalue weighted by Crippen LogP contribution is 2.18. The lowest BCUT2D eigenvalue weighted by atomic mass is 10.1. The molecule has 5 nitrogen and oxygen atoms in total. The molecule has 0 aliphatic heterocycles. The minimum Gasteiger partial charge on any atom is -0.362 e. The van der Waals surface area contributed by atoms with Crippen molar-refractivity contribution >= 4 is 33.3 Å². The molecular weight excluding hydrogens is 380 g/mol. The summed E-state index contributed by atoms with van der Waals surface area (Å²) in [6.07, 6.45) is 3.03. The zero-order valence-corrected chi connectivity index (χ0v) is 15.2. The number of halogens is 1. The summed E-state index contributed by atoms with van der Waals surface area (Å²) < 4.78 is 0.894. The summed E-state index contributed by atoms with van der Waals surface area (Å²) in [6, 6.07) is 17.5. The average molecular weight is 397 g/mol. The van der Waals surface area contributed by atoms with Crippen LogP contribution in [-0.4, -0.2) is 15.9 Å². The first-order chi connectivity index (χ1) is 12.1. The minimum absolute atomic E-state index is 0.0943. The first-order valence-electron chi connectivity index (χ1n) is 7.82. The SMILES string of the molecule is CC(Nc1cnc(C(=O)Nc2cccc(Br)c2)cn1)c1ccccc1. The highest BCUT2D eigenvalue weighted by Gasteiger charge is 2.10. The molecule has 25 heavy (non-hydrogen) atoms. The topological polar surface area (TPSA) is 66.9 Å². The summed E-state index contributed by atoms with van der Waals surface area (Å²) in [4.78, 5) is 20.7. The quantitative estimate of drug-likeness (QED) is 0.657. The van der Waals surface area contributed by atoms with Gasteiger partial charge < -0.3 is 10.6 Å². The molecule has 1 unspecified atom stereocenters. The van der Waals surface area contributed by atoms with E-state index in [4.69, 9.17) is 0 Å². The zero-order chi connectivity index (χ0) is 17.6. The fourth-order valence-electron chi connectivity index (χ4n) is 2.33. The Labute approximate surface area is 154 Å². The van der Waals surface area contributed by atoms with Crippen LogP contribution in [0.25, 0.3) is 0 Å². The van der Waals surface area contributed by atoms with E-state index in [1.54, 1.807) is 6.20 Å². The van der Waals surface area contributed by atoms with Crippen molar-refractivity contribution in [2.45, 2.75) is 13.0 Å².